The van der Waals surface area contributed by atoms with E-state index >= 15 is 0 Å². The van der Waals surface area contributed by atoms with Crippen molar-refractivity contribution in [2.45, 2.75) is 26.2 Å². The third kappa shape index (κ3) is 5.55. The molecule has 158 valence electrons. The predicted molar refractivity (Wildman–Crippen MR) is 117 cm³/mol. The van der Waals surface area contributed by atoms with E-state index in [-0.39, 0.29) is 16.7 Å². The van der Waals surface area contributed by atoms with Crippen LogP contribution >= 0.6 is 0 Å². The maximum Gasteiger partial charge on any atom is 0.166 e. The van der Waals surface area contributed by atoms with Crippen LogP contribution in [0.4, 0.5) is 23.2 Å². The van der Waals surface area contributed by atoms with Gasteiger partial charge in [0.05, 0.1) is 0 Å². The number of nitrogens with two attached hydrogens (primary N) is 1. The highest BCUT2D eigenvalue weighted by Crippen LogP contribution is 2.29. The first-order chi connectivity index (χ1) is 14.9. The number of nitrogen functional groups attached to an aromatic ring is 1. The van der Waals surface area contributed by atoms with E-state index in [9.17, 15) is 17.6 Å². The molecule has 1 nitrogen and oxygen atoms in total. The number of halogens is 4. The van der Waals surface area contributed by atoms with Crippen LogP contribution in [0, 0.1) is 23.5 Å². The van der Waals surface area contributed by atoms with Gasteiger partial charge in [-0.05, 0) is 42.7 Å². The molecular formula is C26H21F4N. The molecule has 31 heavy (non-hydrogen) atoms. The average molecular weight is 423 g/mol. The Morgan fingerprint density at radius 1 is 0.774 bits per heavy atom. The minimum atomic E-state index is -0.969. The zero-order valence-corrected chi connectivity index (χ0v) is 17.0. The summed E-state index contributed by atoms with van der Waals surface area (Å²) in [6.45, 7) is 2.10. The second-order valence-corrected chi connectivity index (χ2v) is 7.11. The Labute approximate surface area is 179 Å². The Balaban J connectivity index is 1.78. The van der Waals surface area contributed by atoms with Gasteiger partial charge < -0.3 is 5.73 Å². The molecule has 0 aliphatic heterocycles. The normalized spacial score (nSPS) is 11.5. The second-order valence-electron chi connectivity index (χ2n) is 7.11. The van der Waals surface area contributed by atoms with Gasteiger partial charge in [-0.25, -0.2) is 17.6 Å². The number of anilines is 1. The first-order valence-electron chi connectivity index (χ1n) is 9.90. The highest BCUT2D eigenvalue weighted by molar-refractivity contribution is 5.83. The molecule has 0 atom stereocenters. The van der Waals surface area contributed by atoms with Crippen LogP contribution in [0.25, 0.3) is 11.7 Å². The summed E-state index contributed by atoms with van der Waals surface area (Å²) in [5.41, 5.74) is 6.60. The maximum atomic E-state index is 14.6. The summed E-state index contributed by atoms with van der Waals surface area (Å²) < 4.78 is 56.1. The molecule has 2 N–H and O–H groups in total. The third-order valence-electron chi connectivity index (χ3n) is 4.79. The molecule has 0 aliphatic carbocycles. The van der Waals surface area contributed by atoms with Crippen LogP contribution < -0.4 is 5.73 Å². The predicted octanol–water partition coefficient (Wildman–Crippen LogP) is 7.05. The Morgan fingerprint density at radius 3 is 1.77 bits per heavy atom. The zero-order chi connectivity index (χ0) is 22.4. The third-order valence-corrected chi connectivity index (χ3v) is 4.79. The van der Waals surface area contributed by atoms with Crippen LogP contribution in [-0.2, 0) is 6.42 Å². The van der Waals surface area contributed by atoms with E-state index in [2.05, 4.69) is 18.8 Å². The number of hydrogen-bond acceptors (Lipinski definition) is 1. The van der Waals surface area contributed by atoms with E-state index in [0.717, 1.165) is 37.0 Å². The molecule has 0 unspecified atom stereocenters. The minimum Gasteiger partial charge on any atom is -0.394 e. The molecule has 0 amide bonds. The fourth-order valence-electron chi connectivity index (χ4n) is 2.95. The van der Waals surface area contributed by atoms with Gasteiger partial charge in [0, 0.05) is 22.3 Å². The van der Waals surface area contributed by atoms with Crippen LogP contribution in [0.3, 0.4) is 0 Å². The van der Waals surface area contributed by atoms with Crippen molar-refractivity contribution in [2.24, 2.45) is 0 Å². The van der Waals surface area contributed by atoms with Crippen molar-refractivity contribution in [3.63, 3.8) is 0 Å². The standard InChI is InChI=1S/C26H21F4N/c1-2-3-4-17-7-11-20(12-8-17)24(29)25(30)21-13-9-18(10-14-21)5-6-19-15-22(27)26(31)23(28)16-19/h7-16H,2-4,31H2,1H3/b25-24+. The smallest absolute Gasteiger partial charge is 0.166 e. The molecule has 3 aromatic rings. The minimum absolute atomic E-state index is 0.0719. The van der Waals surface area contributed by atoms with Crippen LogP contribution in [0.5, 0.6) is 0 Å². The lowest BCUT2D eigenvalue weighted by Crippen LogP contribution is -1.96. The molecule has 0 fully saturated rings. The summed E-state index contributed by atoms with van der Waals surface area (Å²) in [6, 6.07) is 14.6. The van der Waals surface area contributed by atoms with Gasteiger partial charge in [-0.2, -0.15) is 0 Å². The Morgan fingerprint density at radius 2 is 1.26 bits per heavy atom. The van der Waals surface area contributed by atoms with Crippen LogP contribution in [0.1, 0.15) is 47.6 Å². The first kappa shape index (κ1) is 22.2. The summed E-state index contributed by atoms with van der Waals surface area (Å²) in [4.78, 5) is 0. The molecule has 3 rings (SSSR count). The molecule has 0 heterocycles. The SMILES string of the molecule is CCCCc1ccc(/C(F)=C(\F)c2ccc(C#Cc3cc(F)c(N)c(F)c3)cc2)cc1. The summed E-state index contributed by atoms with van der Waals surface area (Å²) in [6.07, 6.45) is 3.02. The highest BCUT2D eigenvalue weighted by atomic mass is 19.2. The van der Waals surface area contributed by atoms with E-state index in [1.54, 1.807) is 24.3 Å². The summed E-state index contributed by atoms with van der Waals surface area (Å²) in [7, 11) is 0. The van der Waals surface area contributed by atoms with Crippen molar-refractivity contribution in [2.75, 3.05) is 5.73 Å². The monoisotopic (exact) mass is 423 g/mol. The van der Waals surface area contributed by atoms with Gasteiger partial charge in [0.25, 0.3) is 0 Å². The number of unbranched alkanes of at least 4 members (excludes halogenated alkanes) is 1. The molecule has 0 radical (unpaired) electrons. The molecule has 0 bridgehead atoms. The van der Waals surface area contributed by atoms with Crippen LogP contribution in [0.15, 0.2) is 60.7 Å². The van der Waals surface area contributed by atoms with Crippen LogP contribution in [0.2, 0.25) is 0 Å². The molecule has 0 saturated carbocycles. The summed E-state index contributed by atoms with van der Waals surface area (Å²) >= 11 is 0. The molecule has 0 spiro atoms. The molecule has 0 aromatic heterocycles. The lowest BCUT2D eigenvalue weighted by molar-refractivity contribution is 0.591. The van der Waals surface area contributed by atoms with Crippen LogP contribution in [-0.4, -0.2) is 0 Å². The van der Waals surface area contributed by atoms with Gasteiger partial charge in [0.2, 0.25) is 0 Å². The van der Waals surface area contributed by atoms with Gasteiger partial charge in [-0.15, -0.1) is 0 Å². The van der Waals surface area contributed by atoms with Crippen molar-refractivity contribution in [1.82, 2.24) is 0 Å². The first-order valence-corrected chi connectivity index (χ1v) is 9.90. The molecule has 0 saturated heterocycles. The maximum absolute atomic E-state index is 14.6. The fraction of sp³-hybridized carbons (Fsp3) is 0.154. The Bertz CT molecular complexity index is 1130. The van der Waals surface area contributed by atoms with Crippen molar-refractivity contribution < 1.29 is 17.6 Å². The topological polar surface area (TPSA) is 26.0 Å². The van der Waals surface area contributed by atoms with E-state index in [4.69, 9.17) is 5.73 Å². The Kier molecular flexibility index (Phi) is 7.15. The average Bonchev–Trinajstić information content (AvgIpc) is 2.79. The second kappa shape index (κ2) is 9.99. The number of benzene rings is 3. The van der Waals surface area contributed by atoms with Crippen molar-refractivity contribution in [1.29, 1.82) is 0 Å². The Hall–Kier alpha value is -3.52. The van der Waals surface area contributed by atoms with E-state index in [1.165, 1.54) is 24.3 Å². The van der Waals surface area contributed by atoms with E-state index in [1.807, 2.05) is 0 Å². The fourth-order valence-corrected chi connectivity index (χ4v) is 2.95. The van der Waals surface area contributed by atoms with Gasteiger partial charge in [0.15, 0.2) is 11.7 Å². The van der Waals surface area contributed by atoms with Gasteiger partial charge >= 0.3 is 0 Å². The van der Waals surface area contributed by atoms with Gasteiger partial charge in [0.1, 0.15) is 17.3 Å². The van der Waals surface area contributed by atoms with Crippen molar-refractivity contribution >= 4 is 17.3 Å². The molecule has 5 heteroatoms. The van der Waals surface area contributed by atoms with Gasteiger partial charge in [-0.3, -0.25) is 0 Å². The number of aryl methyl sites for hydroxylation is 1. The number of hydrogen-bond donors (Lipinski definition) is 1. The number of rotatable bonds is 5. The lowest BCUT2D eigenvalue weighted by atomic mass is 10.0. The van der Waals surface area contributed by atoms with Gasteiger partial charge in [-0.1, -0.05) is 61.6 Å². The highest BCUT2D eigenvalue weighted by Gasteiger charge is 2.11. The molecular weight excluding hydrogens is 402 g/mol. The molecule has 0 aliphatic rings. The van der Waals surface area contributed by atoms with E-state index < -0.39 is 29.0 Å². The summed E-state index contributed by atoms with van der Waals surface area (Å²) in [5, 5.41) is 0. The quantitative estimate of drug-likeness (QED) is 0.202. The summed E-state index contributed by atoms with van der Waals surface area (Å²) in [5.74, 6) is 1.67. The van der Waals surface area contributed by atoms with Crippen molar-refractivity contribution in [3.8, 4) is 11.8 Å². The zero-order valence-electron chi connectivity index (χ0n) is 17.0. The van der Waals surface area contributed by atoms with Crippen molar-refractivity contribution in [3.05, 3.63) is 100 Å². The van der Waals surface area contributed by atoms with E-state index in [0.29, 0.717) is 5.56 Å². The molecule has 3 aromatic carbocycles. The lowest BCUT2D eigenvalue weighted by Gasteiger charge is -2.05. The largest absolute Gasteiger partial charge is 0.394 e.